The topological polar surface area (TPSA) is 49.9 Å². The highest BCUT2D eigenvalue weighted by atomic mass is 16.5. The predicted molar refractivity (Wildman–Crippen MR) is 66.8 cm³/mol. The van der Waals surface area contributed by atoms with Crippen molar-refractivity contribution in [2.45, 2.75) is 50.6 Å². The Hall–Kier alpha value is -0.940. The summed E-state index contributed by atoms with van der Waals surface area (Å²) < 4.78 is 5.23. The van der Waals surface area contributed by atoms with Gasteiger partial charge in [-0.1, -0.05) is 0 Å². The van der Waals surface area contributed by atoms with Crippen LogP contribution in [0.3, 0.4) is 0 Å². The van der Waals surface area contributed by atoms with Gasteiger partial charge in [0.1, 0.15) is 6.29 Å². The predicted octanol–water partition coefficient (Wildman–Crippen LogP) is 0.982. The minimum absolute atomic E-state index is 0.0567. The van der Waals surface area contributed by atoms with Crippen LogP contribution in [0.15, 0.2) is 0 Å². The van der Waals surface area contributed by atoms with Gasteiger partial charge in [0.2, 0.25) is 5.91 Å². The molecule has 0 unspecified atom stereocenters. The van der Waals surface area contributed by atoms with E-state index in [0.29, 0.717) is 19.4 Å². The zero-order valence-corrected chi connectivity index (χ0v) is 11.0. The van der Waals surface area contributed by atoms with Gasteiger partial charge in [0, 0.05) is 26.5 Å². The maximum Gasteiger partial charge on any atom is 0.237 e. The number of piperidine rings is 1. The van der Waals surface area contributed by atoms with Gasteiger partial charge < -0.3 is 9.53 Å². The lowest BCUT2D eigenvalue weighted by Crippen LogP contribution is -2.56. The zero-order chi connectivity index (χ0) is 13.0. The normalized spacial score (nSPS) is 29.8. The molecule has 0 aromatic rings. The van der Waals surface area contributed by atoms with E-state index in [1.807, 2.05) is 5.01 Å². The SMILES string of the molecule is COC[C@@H]1CCCN1N1C(=O)CCC[C@@H]1CC=O. The van der Waals surface area contributed by atoms with Crippen LogP contribution in [0.1, 0.15) is 38.5 Å². The average molecular weight is 254 g/mol. The van der Waals surface area contributed by atoms with E-state index in [4.69, 9.17) is 4.74 Å². The Morgan fingerprint density at radius 3 is 2.83 bits per heavy atom. The van der Waals surface area contributed by atoms with Gasteiger partial charge in [-0.3, -0.25) is 9.80 Å². The summed E-state index contributed by atoms with van der Waals surface area (Å²) in [7, 11) is 1.69. The van der Waals surface area contributed by atoms with E-state index < -0.39 is 0 Å². The summed E-state index contributed by atoms with van der Waals surface area (Å²) in [5.74, 6) is 0.163. The summed E-state index contributed by atoms with van der Waals surface area (Å²) in [6.07, 6.45) is 5.96. The number of nitrogens with zero attached hydrogens (tertiary/aromatic N) is 2. The molecule has 0 aromatic carbocycles. The van der Waals surface area contributed by atoms with Gasteiger partial charge in [-0.05, 0) is 25.7 Å². The number of rotatable bonds is 5. The van der Waals surface area contributed by atoms with Gasteiger partial charge in [-0.25, -0.2) is 5.01 Å². The number of hydrazine groups is 1. The first kappa shape index (κ1) is 13.5. The van der Waals surface area contributed by atoms with Crippen molar-refractivity contribution < 1.29 is 14.3 Å². The van der Waals surface area contributed by atoms with E-state index in [1.165, 1.54) is 0 Å². The van der Waals surface area contributed by atoms with Crippen molar-refractivity contribution >= 4 is 12.2 Å². The van der Waals surface area contributed by atoms with Crippen molar-refractivity contribution in [3.05, 3.63) is 0 Å². The monoisotopic (exact) mass is 254 g/mol. The third-order valence-electron chi connectivity index (χ3n) is 3.88. The molecule has 2 atom stereocenters. The Kier molecular flexibility index (Phi) is 4.72. The maximum absolute atomic E-state index is 12.1. The lowest BCUT2D eigenvalue weighted by Gasteiger charge is -2.43. The summed E-state index contributed by atoms with van der Waals surface area (Å²) in [6.45, 7) is 1.55. The number of hydrogen-bond acceptors (Lipinski definition) is 4. The number of carbonyl (C=O) groups excluding carboxylic acids is 2. The van der Waals surface area contributed by atoms with Crippen molar-refractivity contribution in [2.24, 2.45) is 0 Å². The molecule has 0 N–H and O–H groups in total. The molecule has 5 nitrogen and oxygen atoms in total. The van der Waals surface area contributed by atoms with Gasteiger partial charge in [0.25, 0.3) is 0 Å². The Morgan fingerprint density at radius 2 is 2.11 bits per heavy atom. The van der Waals surface area contributed by atoms with Gasteiger partial charge in [0.15, 0.2) is 0 Å². The fourth-order valence-electron chi connectivity index (χ4n) is 3.08. The molecule has 0 aromatic heterocycles. The van der Waals surface area contributed by atoms with Crippen LogP contribution in [0.4, 0.5) is 0 Å². The Balaban J connectivity index is 2.10. The average Bonchev–Trinajstić information content (AvgIpc) is 2.78. The largest absolute Gasteiger partial charge is 0.383 e. The lowest BCUT2D eigenvalue weighted by atomic mass is 10.0. The number of amides is 1. The molecule has 0 bridgehead atoms. The fraction of sp³-hybridized carbons (Fsp3) is 0.846. The van der Waals surface area contributed by atoms with Crippen LogP contribution in [0.5, 0.6) is 0 Å². The first-order valence-electron chi connectivity index (χ1n) is 6.79. The lowest BCUT2D eigenvalue weighted by molar-refractivity contribution is -0.165. The van der Waals surface area contributed by atoms with Crippen molar-refractivity contribution in [3.8, 4) is 0 Å². The molecule has 0 aliphatic carbocycles. The molecule has 0 saturated carbocycles. The molecule has 102 valence electrons. The van der Waals surface area contributed by atoms with Crippen LogP contribution < -0.4 is 0 Å². The second-order valence-corrected chi connectivity index (χ2v) is 5.10. The van der Waals surface area contributed by atoms with Crippen LogP contribution in [0.25, 0.3) is 0 Å². The number of methoxy groups -OCH3 is 1. The zero-order valence-electron chi connectivity index (χ0n) is 11.0. The minimum Gasteiger partial charge on any atom is -0.383 e. The summed E-state index contributed by atoms with van der Waals surface area (Å²) in [5.41, 5.74) is 0. The van der Waals surface area contributed by atoms with E-state index in [2.05, 4.69) is 5.01 Å². The minimum atomic E-state index is 0.0567. The summed E-state index contributed by atoms with van der Waals surface area (Å²) in [6, 6.07) is 0.340. The highest BCUT2D eigenvalue weighted by molar-refractivity contribution is 5.77. The third kappa shape index (κ3) is 2.72. The molecule has 0 radical (unpaired) electrons. The molecule has 0 spiro atoms. The van der Waals surface area contributed by atoms with Crippen molar-refractivity contribution in [1.29, 1.82) is 0 Å². The summed E-state index contributed by atoms with van der Waals surface area (Å²) >= 11 is 0. The number of carbonyl (C=O) groups is 2. The number of ether oxygens (including phenoxy) is 1. The van der Waals surface area contributed by atoms with Crippen LogP contribution >= 0.6 is 0 Å². The third-order valence-corrected chi connectivity index (χ3v) is 3.88. The Morgan fingerprint density at radius 1 is 1.33 bits per heavy atom. The van der Waals surface area contributed by atoms with Gasteiger partial charge in [0.05, 0.1) is 18.7 Å². The van der Waals surface area contributed by atoms with Crippen LogP contribution in [0, 0.1) is 0 Å². The molecular formula is C13H22N2O3. The summed E-state index contributed by atoms with van der Waals surface area (Å²) in [5, 5.41) is 3.99. The van der Waals surface area contributed by atoms with Gasteiger partial charge >= 0.3 is 0 Å². The first-order chi connectivity index (χ1) is 8.77. The molecule has 2 rings (SSSR count). The van der Waals surface area contributed by atoms with E-state index in [9.17, 15) is 9.59 Å². The number of hydrogen-bond donors (Lipinski definition) is 0. The Bertz CT molecular complexity index is 309. The fourth-order valence-corrected chi connectivity index (χ4v) is 3.08. The summed E-state index contributed by atoms with van der Waals surface area (Å²) in [4.78, 5) is 22.9. The van der Waals surface area contributed by atoms with E-state index in [-0.39, 0.29) is 18.0 Å². The molecule has 2 aliphatic heterocycles. The second kappa shape index (κ2) is 6.29. The molecule has 2 saturated heterocycles. The van der Waals surface area contributed by atoms with Crippen LogP contribution in [0.2, 0.25) is 0 Å². The van der Waals surface area contributed by atoms with Gasteiger partial charge in [-0.15, -0.1) is 0 Å². The molecule has 2 heterocycles. The highest BCUT2D eigenvalue weighted by Gasteiger charge is 2.37. The molecule has 2 fully saturated rings. The van der Waals surface area contributed by atoms with E-state index in [0.717, 1.165) is 38.5 Å². The first-order valence-corrected chi connectivity index (χ1v) is 6.79. The molecular weight excluding hydrogens is 232 g/mol. The van der Waals surface area contributed by atoms with Gasteiger partial charge in [-0.2, -0.15) is 0 Å². The standard InChI is InChI=1S/C13H22N2O3/c1-18-10-12-5-3-8-14(12)15-11(7-9-16)4-2-6-13(15)17/h9,11-12H,2-8,10H2,1H3/t11-,12+/m1/s1. The highest BCUT2D eigenvalue weighted by Crippen LogP contribution is 2.28. The molecule has 5 heteroatoms. The van der Waals surface area contributed by atoms with Crippen LogP contribution in [-0.4, -0.2) is 54.6 Å². The van der Waals surface area contributed by atoms with Crippen molar-refractivity contribution in [1.82, 2.24) is 10.0 Å². The maximum atomic E-state index is 12.1. The van der Waals surface area contributed by atoms with E-state index >= 15 is 0 Å². The van der Waals surface area contributed by atoms with E-state index in [1.54, 1.807) is 7.11 Å². The molecule has 2 aliphatic rings. The molecule has 18 heavy (non-hydrogen) atoms. The van der Waals surface area contributed by atoms with Crippen LogP contribution in [-0.2, 0) is 14.3 Å². The quantitative estimate of drug-likeness (QED) is 0.686. The number of aldehydes is 1. The Labute approximate surface area is 108 Å². The van der Waals surface area contributed by atoms with Crippen molar-refractivity contribution in [3.63, 3.8) is 0 Å². The smallest absolute Gasteiger partial charge is 0.237 e. The second-order valence-electron chi connectivity index (χ2n) is 5.10. The molecule has 1 amide bonds. The van der Waals surface area contributed by atoms with Crippen molar-refractivity contribution in [2.75, 3.05) is 20.3 Å².